The standard InChI is InChI=1S/C13H10BrN3O4/c14-8-4-7(5-9(15)6-8)13(19)16-12-10(17(20)21)2-1-3-11(12)18/h1-6,18H,15H2,(H,16,19). The molecule has 4 N–H and O–H groups in total. The van der Waals surface area contributed by atoms with Gasteiger partial charge in [-0.1, -0.05) is 22.0 Å². The van der Waals surface area contributed by atoms with Gasteiger partial charge in [0, 0.05) is 21.8 Å². The van der Waals surface area contributed by atoms with E-state index in [2.05, 4.69) is 21.2 Å². The van der Waals surface area contributed by atoms with Gasteiger partial charge < -0.3 is 16.2 Å². The first-order valence-electron chi connectivity index (χ1n) is 5.72. The van der Waals surface area contributed by atoms with Crippen molar-refractivity contribution in [1.82, 2.24) is 0 Å². The molecule has 0 saturated carbocycles. The van der Waals surface area contributed by atoms with Crippen LogP contribution in [0.4, 0.5) is 17.1 Å². The van der Waals surface area contributed by atoms with Gasteiger partial charge in [-0.15, -0.1) is 0 Å². The van der Waals surface area contributed by atoms with Crippen LogP contribution in [0.3, 0.4) is 0 Å². The summed E-state index contributed by atoms with van der Waals surface area (Å²) in [5.74, 6) is -1.01. The number of nitro groups is 1. The first-order chi connectivity index (χ1) is 9.88. The Balaban J connectivity index is 2.38. The third-order valence-electron chi connectivity index (χ3n) is 2.64. The molecule has 2 aromatic rings. The number of nitrogen functional groups attached to an aromatic ring is 1. The molecule has 8 heteroatoms. The summed E-state index contributed by atoms with van der Waals surface area (Å²) in [5.41, 5.74) is 5.55. The van der Waals surface area contributed by atoms with E-state index in [1.54, 1.807) is 6.07 Å². The minimum atomic E-state index is -0.690. The fourth-order valence-electron chi connectivity index (χ4n) is 1.74. The first-order valence-corrected chi connectivity index (χ1v) is 6.51. The maximum Gasteiger partial charge on any atom is 0.296 e. The van der Waals surface area contributed by atoms with Crippen LogP contribution in [-0.2, 0) is 0 Å². The molecular formula is C13H10BrN3O4. The molecule has 108 valence electrons. The molecule has 0 aromatic heterocycles. The number of halogens is 1. The summed E-state index contributed by atoms with van der Waals surface area (Å²) < 4.78 is 0.597. The lowest BCUT2D eigenvalue weighted by molar-refractivity contribution is -0.384. The number of phenols is 1. The van der Waals surface area contributed by atoms with Crippen molar-refractivity contribution in [2.45, 2.75) is 0 Å². The molecule has 0 atom stereocenters. The highest BCUT2D eigenvalue weighted by Gasteiger charge is 2.20. The number of hydrogen-bond acceptors (Lipinski definition) is 5. The SMILES string of the molecule is Nc1cc(Br)cc(C(=O)Nc2c(O)cccc2[N+](=O)[O-])c1. The lowest BCUT2D eigenvalue weighted by Gasteiger charge is -2.08. The average Bonchev–Trinajstić information content (AvgIpc) is 2.39. The molecule has 0 radical (unpaired) electrons. The van der Waals surface area contributed by atoms with Gasteiger partial charge in [-0.25, -0.2) is 0 Å². The normalized spacial score (nSPS) is 10.1. The lowest BCUT2D eigenvalue weighted by atomic mass is 10.1. The predicted octanol–water partition coefficient (Wildman–Crippen LogP) is 2.90. The number of phenolic OH excluding ortho intramolecular Hbond substituents is 1. The van der Waals surface area contributed by atoms with Crippen molar-refractivity contribution in [3.05, 3.63) is 56.5 Å². The van der Waals surface area contributed by atoms with Crippen LogP contribution in [0.15, 0.2) is 40.9 Å². The van der Waals surface area contributed by atoms with Crippen LogP contribution in [0.5, 0.6) is 5.75 Å². The van der Waals surface area contributed by atoms with Crippen molar-refractivity contribution in [2.24, 2.45) is 0 Å². The van der Waals surface area contributed by atoms with Gasteiger partial charge in [0.2, 0.25) is 0 Å². The molecule has 0 spiro atoms. The van der Waals surface area contributed by atoms with Crippen LogP contribution in [-0.4, -0.2) is 15.9 Å². The highest BCUT2D eigenvalue weighted by Crippen LogP contribution is 2.33. The fraction of sp³-hybridized carbons (Fsp3) is 0. The second-order valence-corrected chi connectivity index (χ2v) is 5.07. The number of carbonyl (C=O) groups is 1. The number of rotatable bonds is 3. The average molecular weight is 352 g/mol. The quantitative estimate of drug-likeness (QED) is 0.340. The van der Waals surface area contributed by atoms with Gasteiger partial charge in [-0.3, -0.25) is 14.9 Å². The Morgan fingerprint density at radius 3 is 2.67 bits per heavy atom. The van der Waals surface area contributed by atoms with Crippen LogP contribution < -0.4 is 11.1 Å². The maximum absolute atomic E-state index is 12.1. The molecule has 2 rings (SSSR count). The first kappa shape index (κ1) is 14.8. The van der Waals surface area contributed by atoms with Gasteiger partial charge in [-0.05, 0) is 24.3 Å². The Bertz CT molecular complexity index is 713. The van der Waals surface area contributed by atoms with E-state index in [1.807, 2.05) is 0 Å². The van der Waals surface area contributed by atoms with E-state index < -0.39 is 16.5 Å². The third kappa shape index (κ3) is 3.29. The molecule has 0 heterocycles. The molecule has 21 heavy (non-hydrogen) atoms. The van der Waals surface area contributed by atoms with E-state index in [4.69, 9.17) is 5.73 Å². The Morgan fingerprint density at radius 2 is 2.05 bits per heavy atom. The predicted molar refractivity (Wildman–Crippen MR) is 81.3 cm³/mol. The van der Waals surface area contributed by atoms with Crippen LogP contribution in [0.1, 0.15) is 10.4 Å². The van der Waals surface area contributed by atoms with Crippen molar-refractivity contribution in [3.63, 3.8) is 0 Å². The number of nitro benzene ring substituents is 1. The van der Waals surface area contributed by atoms with Gasteiger partial charge in [0.05, 0.1) is 4.92 Å². The van der Waals surface area contributed by atoms with Crippen LogP contribution in [0, 0.1) is 10.1 Å². The summed E-state index contributed by atoms with van der Waals surface area (Å²) >= 11 is 3.20. The maximum atomic E-state index is 12.1. The number of para-hydroxylation sites is 1. The molecule has 2 aromatic carbocycles. The zero-order chi connectivity index (χ0) is 15.6. The summed E-state index contributed by atoms with van der Waals surface area (Å²) in [4.78, 5) is 22.4. The molecule has 0 aliphatic rings. The Labute approximate surface area is 127 Å². The third-order valence-corrected chi connectivity index (χ3v) is 3.10. The monoisotopic (exact) mass is 351 g/mol. The Hall–Kier alpha value is -2.61. The molecule has 0 aliphatic carbocycles. The fourth-order valence-corrected chi connectivity index (χ4v) is 2.25. The Kier molecular flexibility index (Phi) is 4.08. The van der Waals surface area contributed by atoms with Gasteiger partial charge in [-0.2, -0.15) is 0 Å². The van der Waals surface area contributed by atoms with Crippen molar-refractivity contribution < 1.29 is 14.8 Å². The summed E-state index contributed by atoms with van der Waals surface area (Å²) in [6.07, 6.45) is 0. The summed E-state index contributed by atoms with van der Waals surface area (Å²) in [5, 5.41) is 22.9. The highest BCUT2D eigenvalue weighted by atomic mass is 79.9. The van der Waals surface area contributed by atoms with E-state index in [0.29, 0.717) is 10.2 Å². The van der Waals surface area contributed by atoms with E-state index in [1.165, 1.54) is 30.3 Å². The number of aromatic hydroxyl groups is 1. The molecule has 0 aliphatic heterocycles. The van der Waals surface area contributed by atoms with Gasteiger partial charge >= 0.3 is 0 Å². The van der Waals surface area contributed by atoms with Gasteiger partial charge in [0.25, 0.3) is 11.6 Å². The second kappa shape index (κ2) is 5.80. The number of nitrogens with zero attached hydrogens (tertiary/aromatic N) is 1. The number of nitrogens with two attached hydrogens (primary N) is 1. The molecule has 7 nitrogen and oxygen atoms in total. The largest absolute Gasteiger partial charge is 0.505 e. The molecule has 0 bridgehead atoms. The van der Waals surface area contributed by atoms with Crippen LogP contribution >= 0.6 is 15.9 Å². The van der Waals surface area contributed by atoms with E-state index >= 15 is 0 Å². The highest BCUT2D eigenvalue weighted by molar-refractivity contribution is 9.10. The number of hydrogen-bond donors (Lipinski definition) is 3. The molecule has 1 amide bonds. The zero-order valence-electron chi connectivity index (χ0n) is 10.5. The number of nitrogens with one attached hydrogen (secondary N) is 1. The van der Waals surface area contributed by atoms with Crippen LogP contribution in [0.25, 0.3) is 0 Å². The number of anilines is 2. The topological polar surface area (TPSA) is 118 Å². The van der Waals surface area contributed by atoms with Crippen LogP contribution in [0.2, 0.25) is 0 Å². The van der Waals surface area contributed by atoms with E-state index in [-0.39, 0.29) is 17.0 Å². The minimum Gasteiger partial charge on any atom is -0.505 e. The van der Waals surface area contributed by atoms with E-state index in [0.717, 1.165) is 0 Å². The van der Waals surface area contributed by atoms with Crippen molar-refractivity contribution in [3.8, 4) is 5.75 Å². The van der Waals surface area contributed by atoms with Crippen molar-refractivity contribution in [1.29, 1.82) is 0 Å². The smallest absolute Gasteiger partial charge is 0.296 e. The molecular weight excluding hydrogens is 342 g/mol. The lowest BCUT2D eigenvalue weighted by Crippen LogP contribution is -2.13. The minimum absolute atomic E-state index is 0.208. The van der Waals surface area contributed by atoms with Gasteiger partial charge in [0.1, 0.15) is 5.75 Å². The summed E-state index contributed by atoms with van der Waals surface area (Å²) in [6.45, 7) is 0. The van der Waals surface area contributed by atoms with Gasteiger partial charge in [0.15, 0.2) is 5.69 Å². The summed E-state index contributed by atoms with van der Waals surface area (Å²) in [7, 11) is 0. The van der Waals surface area contributed by atoms with E-state index in [9.17, 15) is 20.0 Å². The molecule has 0 unspecified atom stereocenters. The second-order valence-electron chi connectivity index (χ2n) is 4.16. The number of benzene rings is 2. The molecule has 0 saturated heterocycles. The van der Waals surface area contributed by atoms with Crippen molar-refractivity contribution in [2.75, 3.05) is 11.1 Å². The number of carbonyl (C=O) groups excluding carboxylic acids is 1. The Morgan fingerprint density at radius 1 is 1.33 bits per heavy atom. The molecule has 0 fully saturated rings. The number of amides is 1. The van der Waals surface area contributed by atoms with Crippen molar-refractivity contribution >= 4 is 38.9 Å². The zero-order valence-corrected chi connectivity index (χ0v) is 12.1. The summed E-state index contributed by atoms with van der Waals surface area (Å²) in [6, 6.07) is 8.30.